The Morgan fingerprint density at radius 3 is 1.24 bits per heavy atom. The van der Waals surface area contributed by atoms with Gasteiger partial charge in [-0.3, -0.25) is 9.59 Å². The maximum absolute atomic E-state index is 13.5. The van der Waals surface area contributed by atoms with Gasteiger partial charge in [-0.2, -0.15) is 0 Å². The zero-order valence-electron chi connectivity index (χ0n) is 51.1. The summed E-state index contributed by atoms with van der Waals surface area (Å²) in [7, 11) is 0. The molecule has 1 amide bonds. The molecule has 8 unspecified atom stereocenters. The summed E-state index contributed by atoms with van der Waals surface area (Å²) in [6.45, 7) is 5.83. The molecule has 11 nitrogen and oxygen atoms in total. The van der Waals surface area contributed by atoms with Crippen LogP contribution >= 0.6 is 0 Å². The first-order chi connectivity index (χ1) is 38.2. The summed E-state index contributed by atoms with van der Waals surface area (Å²) in [4.78, 5) is 26.6. The van der Waals surface area contributed by atoms with Crippen molar-refractivity contribution in [1.29, 1.82) is 0 Å². The Morgan fingerprint density at radius 2 is 0.846 bits per heavy atom. The van der Waals surface area contributed by atoms with Gasteiger partial charge in [0.2, 0.25) is 5.91 Å². The number of carbonyl (C=O) groups excluding carboxylic acids is 2. The molecule has 0 aliphatic carbocycles. The summed E-state index contributed by atoms with van der Waals surface area (Å²) >= 11 is 0. The molecule has 1 fully saturated rings. The molecule has 8 atom stereocenters. The van der Waals surface area contributed by atoms with Crippen molar-refractivity contribution in [2.75, 3.05) is 13.2 Å². The van der Waals surface area contributed by atoms with E-state index in [1.807, 2.05) is 6.08 Å². The number of ether oxygens (including phenoxy) is 3. The third-order valence-electron chi connectivity index (χ3n) is 16.1. The lowest BCUT2D eigenvalue weighted by molar-refractivity contribution is -0.305. The van der Waals surface area contributed by atoms with Crippen LogP contribution in [0.25, 0.3) is 0 Å². The molecule has 0 bridgehead atoms. The summed E-state index contributed by atoms with van der Waals surface area (Å²) in [6, 6.07) is -1.02. The smallest absolute Gasteiger partial charge is 0.306 e. The summed E-state index contributed by atoms with van der Waals surface area (Å²) < 4.78 is 17.7. The first-order valence-electron chi connectivity index (χ1n) is 33.6. The summed E-state index contributed by atoms with van der Waals surface area (Å²) in [6.07, 6.45) is 55.0. The van der Waals surface area contributed by atoms with Crippen LogP contribution in [0.2, 0.25) is 0 Å². The van der Waals surface area contributed by atoms with Gasteiger partial charge in [0.05, 0.1) is 25.4 Å². The number of esters is 1. The molecule has 0 aromatic carbocycles. The van der Waals surface area contributed by atoms with Crippen LogP contribution in [-0.2, 0) is 23.8 Å². The molecule has 78 heavy (non-hydrogen) atoms. The lowest BCUT2D eigenvalue weighted by atomic mass is 9.99. The van der Waals surface area contributed by atoms with Gasteiger partial charge in [0.15, 0.2) is 12.4 Å². The number of unbranched alkanes of at least 4 members (excludes halogenated alkanes) is 42. The highest BCUT2D eigenvalue weighted by molar-refractivity contribution is 5.80. The predicted octanol–water partition coefficient (Wildman–Crippen LogP) is 16.5. The number of amides is 1. The van der Waals surface area contributed by atoms with Crippen LogP contribution in [0.15, 0.2) is 24.3 Å². The number of carbonyl (C=O) groups is 2. The molecular weight excluding hydrogens is 979 g/mol. The molecule has 6 N–H and O–H groups in total. The van der Waals surface area contributed by atoms with E-state index in [0.29, 0.717) is 19.3 Å². The van der Waals surface area contributed by atoms with Crippen LogP contribution in [0.5, 0.6) is 0 Å². The molecular formula is C67H127NO10. The highest BCUT2D eigenvalue weighted by atomic mass is 16.7. The SMILES string of the molecule is CCCCCCCC/C=C/CCCCCCCCCCCCC(O)C(=O)NC(COC1OC(CO)C(O)C(O)C1OC(=O)CCCCCCCCCCCCCCCCCCC)C(O)/C=C/CCCCCCCCCCCC. The number of hydrogen-bond donors (Lipinski definition) is 6. The van der Waals surface area contributed by atoms with E-state index in [1.54, 1.807) is 6.08 Å². The normalized spacial score (nSPS) is 19.0. The third kappa shape index (κ3) is 42.9. The molecule has 0 saturated carbocycles. The van der Waals surface area contributed by atoms with Crippen molar-refractivity contribution in [3.63, 3.8) is 0 Å². The lowest BCUT2D eigenvalue weighted by Gasteiger charge is -2.41. The Morgan fingerprint density at radius 1 is 0.487 bits per heavy atom. The van der Waals surface area contributed by atoms with Gasteiger partial charge in [0, 0.05) is 6.42 Å². The second-order valence-corrected chi connectivity index (χ2v) is 23.6. The van der Waals surface area contributed by atoms with Crippen LogP contribution in [0, 0.1) is 0 Å². The number of rotatable bonds is 58. The summed E-state index contributed by atoms with van der Waals surface area (Å²) in [5, 5.41) is 57.1. The van der Waals surface area contributed by atoms with Crippen LogP contribution in [0.3, 0.4) is 0 Å². The van der Waals surface area contributed by atoms with Crippen LogP contribution in [0.4, 0.5) is 0 Å². The van der Waals surface area contributed by atoms with Crippen molar-refractivity contribution in [3.05, 3.63) is 24.3 Å². The number of nitrogens with one attached hydrogen (secondary N) is 1. The van der Waals surface area contributed by atoms with Crippen LogP contribution in [0.1, 0.15) is 329 Å². The van der Waals surface area contributed by atoms with E-state index in [0.717, 1.165) is 57.8 Å². The van der Waals surface area contributed by atoms with E-state index < -0.39 is 67.4 Å². The molecule has 0 aromatic rings. The predicted molar refractivity (Wildman–Crippen MR) is 324 cm³/mol. The van der Waals surface area contributed by atoms with Gasteiger partial charge in [-0.1, -0.05) is 295 Å². The van der Waals surface area contributed by atoms with Crippen LogP contribution in [-0.4, -0.2) is 99.6 Å². The Bertz CT molecular complexity index is 1360. The molecule has 0 radical (unpaired) electrons. The standard InChI is InChI=1S/C67H127NO10/c1-4-7-10-13-16-19-22-25-27-29-30-31-33-34-36-39-42-45-48-51-54-60(71)66(75)68-58(59(70)53-50-47-44-41-38-24-21-18-15-12-9-6-3)57-76-67-65(64(74)63(73)61(56-69)77-67)78-62(72)55-52-49-46-43-40-37-35-32-28-26-23-20-17-14-11-8-5-2/h25,27,50,53,58-61,63-65,67,69-71,73-74H,4-24,26,28-49,51-52,54-57H2,1-3H3,(H,68,75)/b27-25+,53-50+. The van der Waals surface area contributed by atoms with Crippen molar-refractivity contribution in [2.24, 2.45) is 0 Å². The van der Waals surface area contributed by atoms with E-state index >= 15 is 0 Å². The molecule has 1 aliphatic rings. The number of allylic oxidation sites excluding steroid dienone is 3. The second kappa shape index (κ2) is 55.7. The molecule has 0 aromatic heterocycles. The maximum Gasteiger partial charge on any atom is 0.306 e. The number of aliphatic hydroxyl groups excluding tert-OH is 5. The van der Waals surface area contributed by atoms with E-state index in [1.165, 1.54) is 225 Å². The first-order valence-corrected chi connectivity index (χ1v) is 33.6. The van der Waals surface area contributed by atoms with Gasteiger partial charge in [-0.15, -0.1) is 0 Å². The third-order valence-corrected chi connectivity index (χ3v) is 16.1. The highest BCUT2D eigenvalue weighted by Gasteiger charge is 2.47. The van der Waals surface area contributed by atoms with Crippen molar-refractivity contribution in [2.45, 2.75) is 378 Å². The van der Waals surface area contributed by atoms with Gasteiger partial charge in [-0.05, 0) is 51.4 Å². The fourth-order valence-electron chi connectivity index (χ4n) is 10.8. The average molecular weight is 1110 g/mol. The summed E-state index contributed by atoms with van der Waals surface area (Å²) in [5.74, 6) is -1.18. The largest absolute Gasteiger partial charge is 0.454 e. The zero-order chi connectivity index (χ0) is 56.8. The minimum Gasteiger partial charge on any atom is -0.454 e. The fraction of sp³-hybridized carbons (Fsp3) is 0.910. The van der Waals surface area contributed by atoms with Crippen LogP contribution < -0.4 is 5.32 Å². The molecule has 1 aliphatic heterocycles. The molecule has 1 rings (SSSR count). The van der Waals surface area contributed by atoms with Crippen molar-refractivity contribution >= 4 is 11.9 Å². The van der Waals surface area contributed by atoms with Crippen molar-refractivity contribution in [1.82, 2.24) is 5.32 Å². The van der Waals surface area contributed by atoms with Gasteiger partial charge in [0.25, 0.3) is 0 Å². The van der Waals surface area contributed by atoms with E-state index in [2.05, 4.69) is 38.2 Å². The Labute approximate surface area is 480 Å². The van der Waals surface area contributed by atoms with Gasteiger partial charge >= 0.3 is 5.97 Å². The minimum absolute atomic E-state index is 0.130. The summed E-state index contributed by atoms with van der Waals surface area (Å²) in [5.41, 5.74) is 0. The highest BCUT2D eigenvalue weighted by Crippen LogP contribution is 2.26. The molecule has 1 heterocycles. The van der Waals surface area contributed by atoms with Crippen molar-refractivity contribution < 1.29 is 49.3 Å². The number of hydrogen-bond acceptors (Lipinski definition) is 10. The first kappa shape index (κ1) is 74.2. The van der Waals surface area contributed by atoms with E-state index in [4.69, 9.17) is 14.2 Å². The van der Waals surface area contributed by atoms with Gasteiger partial charge in [-0.25, -0.2) is 0 Å². The van der Waals surface area contributed by atoms with E-state index in [-0.39, 0.29) is 13.0 Å². The Hall–Kier alpha value is -1.86. The average Bonchev–Trinajstić information content (AvgIpc) is 3.44. The number of aliphatic hydroxyl groups is 5. The quantitative estimate of drug-likeness (QED) is 0.0195. The molecule has 460 valence electrons. The topological polar surface area (TPSA) is 175 Å². The van der Waals surface area contributed by atoms with Gasteiger partial charge in [0.1, 0.15) is 24.4 Å². The monoisotopic (exact) mass is 1110 g/mol. The zero-order valence-corrected chi connectivity index (χ0v) is 51.1. The van der Waals surface area contributed by atoms with Crippen molar-refractivity contribution in [3.8, 4) is 0 Å². The second-order valence-electron chi connectivity index (χ2n) is 23.6. The van der Waals surface area contributed by atoms with E-state index in [9.17, 15) is 35.1 Å². The molecule has 1 saturated heterocycles. The Balaban J connectivity index is 2.62. The minimum atomic E-state index is -1.61. The molecule has 0 spiro atoms. The molecule has 11 heteroatoms. The lowest BCUT2D eigenvalue weighted by Crippen LogP contribution is -2.61. The Kier molecular flexibility index (Phi) is 52.9. The maximum atomic E-state index is 13.5. The van der Waals surface area contributed by atoms with Gasteiger partial charge < -0.3 is 45.1 Å². The fourth-order valence-corrected chi connectivity index (χ4v) is 10.8.